The fraction of sp³-hybridized carbons (Fsp3) is 0.250. The summed E-state index contributed by atoms with van der Waals surface area (Å²) < 4.78 is 15.7. The lowest BCUT2D eigenvalue weighted by atomic mass is 10.2. The Morgan fingerprint density at radius 3 is 2.62 bits per heavy atom. The van der Waals surface area contributed by atoms with E-state index in [1.165, 1.54) is 19.4 Å². The summed E-state index contributed by atoms with van der Waals surface area (Å²) in [6, 6.07) is 10.8. The highest BCUT2D eigenvalue weighted by molar-refractivity contribution is 5.96. The van der Waals surface area contributed by atoms with Crippen LogP contribution in [-0.4, -0.2) is 34.1 Å². The Bertz CT molecular complexity index is 1000. The van der Waals surface area contributed by atoms with Crippen molar-refractivity contribution in [2.45, 2.75) is 20.4 Å². The molecule has 0 unspecified atom stereocenters. The molecule has 0 aliphatic carbocycles. The number of amides is 1. The van der Waals surface area contributed by atoms with Crippen LogP contribution in [0.15, 0.2) is 47.1 Å². The highest BCUT2D eigenvalue weighted by Gasteiger charge is 2.23. The highest BCUT2D eigenvalue weighted by Crippen LogP contribution is 2.30. The smallest absolute Gasteiger partial charge is 0.313 e. The molecule has 0 aliphatic rings. The third kappa shape index (κ3) is 4.75. The minimum Gasteiger partial charge on any atom is -0.493 e. The predicted octanol–water partition coefficient (Wildman–Crippen LogP) is 2.63. The van der Waals surface area contributed by atoms with Crippen LogP contribution in [0.1, 0.15) is 30.2 Å². The molecule has 2 aromatic heterocycles. The van der Waals surface area contributed by atoms with Gasteiger partial charge in [-0.1, -0.05) is 37.2 Å². The van der Waals surface area contributed by atoms with Gasteiger partial charge < -0.3 is 19.3 Å². The molecule has 9 nitrogen and oxygen atoms in total. The second-order valence-electron chi connectivity index (χ2n) is 6.33. The van der Waals surface area contributed by atoms with Crippen LogP contribution >= 0.6 is 0 Å². The quantitative estimate of drug-likeness (QED) is 0.606. The molecule has 1 N–H and O–H groups in total. The lowest BCUT2D eigenvalue weighted by Gasteiger charge is -2.13. The van der Waals surface area contributed by atoms with Crippen LogP contribution in [-0.2, 0) is 11.3 Å². The molecule has 3 rings (SSSR count). The summed E-state index contributed by atoms with van der Waals surface area (Å²) in [5, 5.41) is 6.50. The number of rotatable bonds is 7. The molecule has 9 heteroatoms. The van der Waals surface area contributed by atoms with Gasteiger partial charge in [0.05, 0.1) is 19.6 Å². The fourth-order valence-corrected chi connectivity index (χ4v) is 2.34. The average Bonchev–Trinajstić information content (AvgIpc) is 3.21. The highest BCUT2D eigenvalue weighted by atomic mass is 16.6. The minimum absolute atomic E-state index is 0.00558. The molecular formula is C20H20N4O5. The van der Waals surface area contributed by atoms with Gasteiger partial charge in [-0.15, -0.1) is 0 Å². The molecule has 3 aromatic rings. The van der Waals surface area contributed by atoms with Gasteiger partial charge in [0, 0.05) is 17.8 Å². The normalized spacial score (nSPS) is 10.6. The van der Waals surface area contributed by atoms with Crippen molar-refractivity contribution in [3.05, 3.63) is 54.1 Å². The standard InChI is InChI=1S/C20H20N4O5/c1-12(2)20(26)28-17-14(27-3)9-10-21-16(17)18(25)22-11-15-23-19(29-24-15)13-7-5-4-6-8-13/h4-10,12H,11H2,1-3H3,(H,22,25). The molecule has 0 bridgehead atoms. The van der Waals surface area contributed by atoms with Crippen molar-refractivity contribution in [3.63, 3.8) is 0 Å². The first kappa shape index (κ1) is 20.0. The number of ether oxygens (including phenoxy) is 2. The van der Waals surface area contributed by atoms with Crippen LogP contribution in [0.4, 0.5) is 0 Å². The van der Waals surface area contributed by atoms with Gasteiger partial charge in [0.1, 0.15) is 0 Å². The zero-order valence-electron chi connectivity index (χ0n) is 16.2. The number of nitrogens with one attached hydrogen (secondary N) is 1. The van der Waals surface area contributed by atoms with E-state index < -0.39 is 11.9 Å². The topological polar surface area (TPSA) is 116 Å². The largest absolute Gasteiger partial charge is 0.493 e. The van der Waals surface area contributed by atoms with Crippen molar-refractivity contribution < 1.29 is 23.6 Å². The molecule has 2 heterocycles. The first-order valence-corrected chi connectivity index (χ1v) is 8.90. The minimum atomic E-state index is -0.568. The van der Waals surface area contributed by atoms with Crippen molar-refractivity contribution in [1.82, 2.24) is 20.4 Å². The van der Waals surface area contributed by atoms with E-state index in [9.17, 15) is 9.59 Å². The lowest BCUT2D eigenvalue weighted by molar-refractivity contribution is -0.137. The van der Waals surface area contributed by atoms with Gasteiger partial charge in [-0.3, -0.25) is 9.59 Å². The van der Waals surface area contributed by atoms with Crippen LogP contribution < -0.4 is 14.8 Å². The van der Waals surface area contributed by atoms with Crippen LogP contribution in [0.25, 0.3) is 11.5 Å². The van der Waals surface area contributed by atoms with E-state index >= 15 is 0 Å². The van der Waals surface area contributed by atoms with Crippen molar-refractivity contribution in [2.75, 3.05) is 7.11 Å². The van der Waals surface area contributed by atoms with Crippen LogP contribution in [0, 0.1) is 5.92 Å². The van der Waals surface area contributed by atoms with Gasteiger partial charge in [0.25, 0.3) is 11.8 Å². The number of hydrogen-bond acceptors (Lipinski definition) is 8. The maximum atomic E-state index is 12.6. The number of methoxy groups -OCH3 is 1. The van der Waals surface area contributed by atoms with Crippen LogP contribution in [0.5, 0.6) is 11.5 Å². The van der Waals surface area contributed by atoms with Crippen molar-refractivity contribution in [3.8, 4) is 23.0 Å². The van der Waals surface area contributed by atoms with E-state index in [1.54, 1.807) is 13.8 Å². The number of carbonyl (C=O) groups excluding carboxylic acids is 2. The van der Waals surface area contributed by atoms with E-state index in [0.717, 1.165) is 5.56 Å². The van der Waals surface area contributed by atoms with E-state index in [-0.39, 0.29) is 29.7 Å². The molecule has 1 aromatic carbocycles. The molecule has 29 heavy (non-hydrogen) atoms. The molecule has 0 radical (unpaired) electrons. The molecular weight excluding hydrogens is 376 g/mol. The number of esters is 1. The summed E-state index contributed by atoms with van der Waals surface area (Å²) in [7, 11) is 1.41. The SMILES string of the molecule is COc1ccnc(C(=O)NCc2noc(-c3ccccc3)n2)c1OC(=O)C(C)C. The van der Waals surface area contributed by atoms with Crippen molar-refractivity contribution in [2.24, 2.45) is 5.92 Å². The Morgan fingerprint density at radius 1 is 1.17 bits per heavy atom. The van der Waals surface area contributed by atoms with Gasteiger partial charge in [0.2, 0.25) is 5.75 Å². The van der Waals surface area contributed by atoms with E-state index in [0.29, 0.717) is 11.7 Å². The Labute approximate surface area is 167 Å². The maximum absolute atomic E-state index is 12.6. The molecule has 0 atom stereocenters. The predicted molar refractivity (Wildman–Crippen MR) is 102 cm³/mol. The first-order chi connectivity index (χ1) is 14.0. The molecule has 0 spiro atoms. The van der Waals surface area contributed by atoms with Crippen LogP contribution in [0.3, 0.4) is 0 Å². The number of nitrogens with zero attached hydrogens (tertiary/aromatic N) is 3. The average molecular weight is 396 g/mol. The van der Waals surface area contributed by atoms with Crippen molar-refractivity contribution in [1.29, 1.82) is 0 Å². The Morgan fingerprint density at radius 2 is 1.93 bits per heavy atom. The summed E-state index contributed by atoms with van der Waals surface area (Å²) in [4.78, 5) is 32.9. The Hall–Kier alpha value is -3.75. The monoisotopic (exact) mass is 396 g/mol. The molecule has 150 valence electrons. The number of benzene rings is 1. The summed E-state index contributed by atoms with van der Waals surface area (Å²) in [5.74, 6) is -0.625. The van der Waals surface area contributed by atoms with Gasteiger partial charge in [0.15, 0.2) is 17.3 Å². The van der Waals surface area contributed by atoms with Gasteiger partial charge in [-0.25, -0.2) is 4.98 Å². The summed E-state index contributed by atoms with van der Waals surface area (Å²) in [6.45, 7) is 3.38. The molecule has 0 saturated carbocycles. The zero-order valence-corrected chi connectivity index (χ0v) is 16.2. The number of aromatic nitrogens is 3. The van der Waals surface area contributed by atoms with E-state index in [2.05, 4.69) is 20.4 Å². The molecule has 1 amide bonds. The Kier molecular flexibility index (Phi) is 6.18. The fourth-order valence-electron chi connectivity index (χ4n) is 2.34. The first-order valence-electron chi connectivity index (χ1n) is 8.90. The second kappa shape index (κ2) is 8.96. The number of pyridine rings is 1. The molecule has 0 saturated heterocycles. The third-order valence-electron chi connectivity index (χ3n) is 3.87. The number of carbonyl (C=O) groups is 2. The van der Waals surface area contributed by atoms with Gasteiger partial charge >= 0.3 is 5.97 Å². The molecule has 0 fully saturated rings. The van der Waals surface area contributed by atoms with E-state index in [4.69, 9.17) is 14.0 Å². The second-order valence-corrected chi connectivity index (χ2v) is 6.33. The summed E-state index contributed by atoms with van der Waals surface area (Å²) in [5.41, 5.74) is 0.694. The number of hydrogen-bond donors (Lipinski definition) is 1. The van der Waals surface area contributed by atoms with Crippen LogP contribution in [0.2, 0.25) is 0 Å². The maximum Gasteiger partial charge on any atom is 0.313 e. The van der Waals surface area contributed by atoms with Crippen molar-refractivity contribution >= 4 is 11.9 Å². The summed E-state index contributed by atoms with van der Waals surface area (Å²) in [6.07, 6.45) is 1.39. The van der Waals surface area contributed by atoms with E-state index in [1.807, 2.05) is 30.3 Å². The molecule has 0 aliphatic heterocycles. The van der Waals surface area contributed by atoms with Gasteiger partial charge in [-0.2, -0.15) is 4.98 Å². The lowest BCUT2D eigenvalue weighted by Crippen LogP contribution is -2.26. The summed E-state index contributed by atoms with van der Waals surface area (Å²) >= 11 is 0. The Balaban J connectivity index is 1.74. The van der Waals surface area contributed by atoms with Gasteiger partial charge in [-0.05, 0) is 12.1 Å². The zero-order chi connectivity index (χ0) is 20.8. The third-order valence-corrected chi connectivity index (χ3v) is 3.87.